The largest absolute Gasteiger partial charge is 0.338 e. The van der Waals surface area contributed by atoms with Gasteiger partial charge in [-0.1, -0.05) is 55.5 Å². The van der Waals surface area contributed by atoms with Crippen molar-refractivity contribution in [1.82, 2.24) is 0 Å². The van der Waals surface area contributed by atoms with E-state index in [2.05, 4.69) is 92.4 Å². The summed E-state index contributed by atoms with van der Waals surface area (Å²) in [5, 5.41) is 0. The molecule has 2 aromatic carbocycles. The van der Waals surface area contributed by atoms with Gasteiger partial charge in [0.1, 0.15) is 0 Å². The number of anilines is 2. The standard InChI is InChI=1S/C19H23N/c1-4-11-17-12-9-10-15-19(17)20(16(3)5-2)18-13-7-6-8-14-18/h4,6-16H,5H2,1-3H3/b11-4+/t16-/m0/s1. The highest BCUT2D eigenvalue weighted by Gasteiger charge is 2.16. The number of para-hydroxylation sites is 2. The second kappa shape index (κ2) is 6.95. The third-order valence-corrected chi connectivity index (χ3v) is 3.61. The Morgan fingerprint density at radius 3 is 2.30 bits per heavy atom. The fraction of sp³-hybridized carbons (Fsp3) is 0.263. The van der Waals surface area contributed by atoms with Gasteiger partial charge in [-0.15, -0.1) is 0 Å². The molecule has 1 heteroatoms. The summed E-state index contributed by atoms with van der Waals surface area (Å²) in [4.78, 5) is 2.43. The van der Waals surface area contributed by atoms with Gasteiger partial charge in [0.15, 0.2) is 0 Å². The van der Waals surface area contributed by atoms with Crippen LogP contribution in [0.1, 0.15) is 32.8 Å². The molecule has 0 saturated carbocycles. The SMILES string of the molecule is C/C=C/c1ccccc1N(c1ccccc1)[C@@H](C)CC. The van der Waals surface area contributed by atoms with Crippen molar-refractivity contribution in [1.29, 1.82) is 0 Å². The molecule has 0 radical (unpaired) electrons. The van der Waals surface area contributed by atoms with E-state index >= 15 is 0 Å². The Kier molecular flexibility index (Phi) is 5.00. The fourth-order valence-electron chi connectivity index (χ4n) is 2.43. The predicted octanol–water partition coefficient (Wildman–Crippen LogP) is 5.66. The Morgan fingerprint density at radius 1 is 1.00 bits per heavy atom. The first-order valence-electron chi connectivity index (χ1n) is 7.34. The summed E-state index contributed by atoms with van der Waals surface area (Å²) >= 11 is 0. The van der Waals surface area contributed by atoms with Crippen molar-refractivity contribution in [2.75, 3.05) is 4.90 Å². The normalized spacial score (nSPS) is 12.6. The van der Waals surface area contributed by atoms with Gasteiger partial charge >= 0.3 is 0 Å². The second-order valence-electron chi connectivity index (χ2n) is 5.02. The number of rotatable bonds is 5. The van der Waals surface area contributed by atoms with Crippen molar-refractivity contribution in [2.24, 2.45) is 0 Å². The zero-order valence-electron chi connectivity index (χ0n) is 12.6. The molecule has 0 N–H and O–H groups in total. The summed E-state index contributed by atoms with van der Waals surface area (Å²) in [7, 11) is 0. The Morgan fingerprint density at radius 2 is 1.65 bits per heavy atom. The van der Waals surface area contributed by atoms with Gasteiger partial charge < -0.3 is 4.90 Å². The minimum atomic E-state index is 0.462. The van der Waals surface area contributed by atoms with Gasteiger partial charge in [0.25, 0.3) is 0 Å². The van der Waals surface area contributed by atoms with Crippen LogP contribution in [-0.4, -0.2) is 6.04 Å². The Balaban J connectivity index is 2.53. The van der Waals surface area contributed by atoms with Gasteiger partial charge in [0.2, 0.25) is 0 Å². The average molecular weight is 265 g/mol. The van der Waals surface area contributed by atoms with E-state index in [0.29, 0.717) is 6.04 Å². The summed E-state index contributed by atoms with van der Waals surface area (Å²) in [6, 6.07) is 19.7. The van der Waals surface area contributed by atoms with Gasteiger partial charge in [-0.2, -0.15) is 0 Å². The van der Waals surface area contributed by atoms with Crippen molar-refractivity contribution in [3.63, 3.8) is 0 Å². The van der Waals surface area contributed by atoms with Crippen LogP contribution >= 0.6 is 0 Å². The van der Waals surface area contributed by atoms with E-state index in [-0.39, 0.29) is 0 Å². The average Bonchev–Trinajstić information content (AvgIpc) is 2.50. The molecular formula is C19H23N. The molecule has 0 amide bonds. The van der Waals surface area contributed by atoms with Crippen LogP contribution in [0.25, 0.3) is 6.08 Å². The first kappa shape index (κ1) is 14.4. The molecule has 0 aliphatic heterocycles. The monoisotopic (exact) mass is 265 g/mol. The minimum absolute atomic E-state index is 0.462. The lowest BCUT2D eigenvalue weighted by Crippen LogP contribution is -2.28. The summed E-state index contributed by atoms with van der Waals surface area (Å²) in [5.41, 5.74) is 3.78. The van der Waals surface area contributed by atoms with E-state index in [1.165, 1.54) is 16.9 Å². The highest BCUT2D eigenvalue weighted by molar-refractivity contribution is 5.74. The molecule has 0 heterocycles. The Bertz CT molecular complexity index is 557. The number of hydrogen-bond donors (Lipinski definition) is 0. The van der Waals surface area contributed by atoms with Crippen molar-refractivity contribution in [3.8, 4) is 0 Å². The number of allylic oxidation sites excluding steroid dienone is 1. The quantitative estimate of drug-likeness (QED) is 0.674. The van der Waals surface area contributed by atoms with Crippen LogP contribution in [0.15, 0.2) is 60.7 Å². The van der Waals surface area contributed by atoms with Gasteiger partial charge in [-0.05, 0) is 44.0 Å². The van der Waals surface area contributed by atoms with E-state index in [4.69, 9.17) is 0 Å². The van der Waals surface area contributed by atoms with Crippen molar-refractivity contribution < 1.29 is 0 Å². The Labute approximate surface area is 122 Å². The number of hydrogen-bond acceptors (Lipinski definition) is 1. The molecule has 0 bridgehead atoms. The molecule has 0 aliphatic carbocycles. The van der Waals surface area contributed by atoms with E-state index in [1.54, 1.807) is 0 Å². The summed E-state index contributed by atoms with van der Waals surface area (Å²) in [6.07, 6.45) is 5.38. The van der Waals surface area contributed by atoms with Crippen LogP contribution in [-0.2, 0) is 0 Å². The third kappa shape index (κ3) is 3.11. The maximum absolute atomic E-state index is 2.43. The zero-order chi connectivity index (χ0) is 14.4. The molecule has 1 nitrogen and oxygen atoms in total. The minimum Gasteiger partial charge on any atom is -0.338 e. The van der Waals surface area contributed by atoms with Crippen LogP contribution in [0.4, 0.5) is 11.4 Å². The van der Waals surface area contributed by atoms with Crippen LogP contribution < -0.4 is 4.90 Å². The van der Waals surface area contributed by atoms with E-state index in [0.717, 1.165) is 6.42 Å². The van der Waals surface area contributed by atoms with Crippen LogP contribution in [0.2, 0.25) is 0 Å². The highest BCUT2D eigenvalue weighted by atomic mass is 15.2. The topological polar surface area (TPSA) is 3.24 Å². The van der Waals surface area contributed by atoms with Crippen molar-refractivity contribution in [2.45, 2.75) is 33.2 Å². The molecule has 20 heavy (non-hydrogen) atoms. The van der Waals surface area contributed by atoms with E-state index in [9.17, 15) is 0 Å². The van der Waals surface area contributed by atoms with Gasteiger partial charge in [-0.25, -0.2) is 0 Å². The van der Waals surface area contributed by atoms with Gasteiger partial charge in [0, 0.05) is 17.4 Å². The zero-order valence-corrected chi connectivity index (χ0v) is 12.6. The second-order valence-corrected chi connectivity index (χ2v) is 5.02. The molecule has 0 saturated heterocycles. The van der Waals surface area contributed by atoms with Gasteiger partial charge in [0.05, 0.1) is 0 Å². The fourth-order valence-corrected chi connectivity index (χ4v) is 2.43. The molecule has 104 valence electrons. The molecule has 0 aliphatic rings. The third-order valence-electron chi connectivity index (χ3n) is 3.61. The van der Waals surface area contributed by atoms with Gasteiger partial charge in [-0.3, -0.25) is 0 Å². The number of benzene rings is 2. The molecule has 0 fully saturated rings. The maximum Gasteiger partial charge on any atom is 0.0486 e. The van der Waals surface area contributed by atoms with E-state index < -0.39 is 0 Å². The van der Waals surface area contributed by atoms with Crippen LogP contribution in [0, 0.1) is 0 Å². The first-order chi connectivity index (χ1) is 9.77. The summed E-state index contributed by atoms with van der Waals surface area (Å²) in [5.74, 6) is 0. The number of nitrogens with zero attached hydrogens (tertiary/aromatic N) is 1. The molecule has 0 spiro atoms. The smallest absolute Gasteiger partial charge is 0.0486 e. The lowest BCUT2D eigenvalue weighted by Gasteiger charge is -2.32. The van der Waals surface area contributed by atoms with Crippen molar-refractivity contribution in [3.05, 3.63) is 66.2 Å². The summed E-state index contributed by atoms with van der Waals surface area (Å²) in [6.45, 7) is 6.57. The van der Waals surface area contributed by atoms with Crippen LogP contribution in [0.5, 0.6) is 0 Å². The highest BCUT2D eigenvalue weighted by Crippen LogP contribution is 2.32. The molecular weight excluding hydrogens is 242 g/mol. The van der Waals surface area contributed by atoms with Crippen molar-refractivity contribution >= 4 is 17.5 Å². The summed E-state index contributed by atoms with van der Waals surface area (Å²) < 4.78 is 0. The lowest BCUT2D eigenvalue weighted by atomic mass is 10.1. The molecule has 2 rings (SSSR count). The molecule has 0 aromatic heterocycles. The molecule has 0 unspecified atom stereocenters. The molecule has 1 atom stereocenters. The molecule has 2 aromatic rings. The van der Waals surface area contributed by atoms with Crippen LogP contribution in [0.3, 0.4) is 0 Å². The lowest BCUT2D eigenvalue weighted by molar-refractivity contribution is 0.687. The van der Waals surface area contributed by atoms with E-state index in [1.807, 2.05) is 0 Å². The Hall–Kier alpha value is -2.02. The maximum atomic E-state index is 2.43. The first-order valence-corrected chi connectivity index (χ1v) is 7.34. The predicted molar refractivity (Wildman–Crippen MR) is 89.5 cm³/mol.